The Morgan fingerprint density at radius 1 is 0.963 bits per heavy atom. The van der Waals surface area contributed by atoms with Crippen molar-refractivity contribution in [1.29, 1.82) is 5.26 Å². The molecule has 0 saturated carbocycles. The van der Waals surface area contributed by atoms with E-state index in [0.717, 1.165) is 5.56 Å². The van der Waals surface area contributed by atoms with Gasteiger partial charge >= 0.3 is 0 Å². The van der Waals surface area contributed by atoms with Crippen molar-refractivity contribution in [3.05, 3.63) is 71.8 Å². The quantitative estimate of drug-likeness (QED) is 0.741. The highest BCUT2D eigenvalue weighted by Gasteiger charge is 2.44. The highest BCUT2D eigenvalue weighted by molar-refractivity contribution is 7.59. The topological polar surface area (TPSA) is 76.4 Å². The third kappa shape index (κ3) is 4.45. The smallest absolute Gasteiger partial charge is 0.252 e. The molecule has 0 aromatic heterocycles. The van der Waals surface area contributed by atoms with Gasteiger partial charge in [-0.15, -0.1) is 0 Å². The molecular weight excluding hydrogens is 359 g/mol. The molecule has 0 aliphatic carbocycles. The molecule has 27 heavy (non-hydrogen) atoms. The number of nitrogens with one attached hydrogen (secondary N) is 1. The lowest BCUT2D eigenvalue weighted by molar-refractivity contribution is 0.0944. The average molecular weight is 384 g/mol. The summed E-state index contributed by atoms with van der Waals surface area (Å²) in [6.45, 7) is 0. The molecule has 0 aliphatic heterocycles. The fourth-order valence-corrected chi connectivity index (χ4v) is 5.88. The maximum atomic E-state index is 14.0. The third-order valence-corrected chi connectivity index (χ3v) is 8.04. The van der Waals surface area contributed by atoms with Crippen LogP contribution in [0.4, 0.5) is 0 Å². The van der Waals surface area contributed by atoms with Gasteiger partial charge in [0.1, 0.15) is 6.04 Å². The van der Waals surface area contributed by atoms with Gasteiger partial charge in [-0.1, -0.05) is 48.5 Å². The lowest BCUT2D eigenvalue weighted by atomic mass is 10.1. The van der Waals surface area contributed by atoms with Gasteiger partial charge in [0, 0.05) is 5.56 Å². The lowest BCUT2D eigenvalue weighted by Gasteiger charge is -2.39. The number of rotatable bonds is 7. The lowest BCUT2D eigenvalue weighted by Crippen LogP contribution is -2.41. The maximum Gasteiger partial charge on any atom is 0.252 e. The van der Waals surface area contributed by atoms with E-state index in [4.69, 9.17) is 0 Å². The Balaban J connectivity index is 2.50. The minimum absolute atomic E-state index is 0.368. The molecule has 2 atom stereocenters. The molecule has 142 valence electrons. The van der Waals surface area contributed by atoms with Crippen LogP contribution in [-0.2, 0) is 4.57 Å². The van der Waals surface area contributed by atoms with Crippen molar-refractivity contribution in [2.75, 3.05) is 28.2 Å². The molecule has 0 radical (unpaired) electrons. The van der Waals surface area contributed by atoms with Crippen LogP contribution in [-0.4, -0.2) is 49.5 Å². The van der Waals surface area contributed by atoms with Crippen LogP contribution in [0.1, 0.15) is 21.6 Å². The van der Waals surface area contributed by atoms with Gasteiger partial charge in [0.2, 0.25) is 7.44 Å². The van der Waals surface area contributed by atoms with E-state index in [1.807, 2.05) is 36.4 Å². The molecule has 2 aromatic carbocycles. The predicted molar refractivity (Wildman–Crippen MR) is 107 cm³/mol. The molecule has 2 rings (SSSR count). The van der Waals surface area contributed by atoms with E-state index >= 15 is 0 Å². The largest absolute Gasteiger partial charge is 0.335 e. The van der Waals surface area contributed by atoms with Crippen LogP contribution >= 0.6 is 7.44 Å². The standard InChI is InChI=1S/C20H25N4O2P/c1-23(2)27(26,24(3)4)19(16-11-7-5-8-12-16)18(15-21)22-20(25)17-13-9-6-10-14-17/h5-14,18-19H,1-4H3,(H,22,25). The Hall–Kier alpha value is -2.45. The van der Waals surface area contributed by atoms with Crippen molar-refractivity contribution in [2.45, 2.75) is 11.7 Å². The van der Waals surface area contributed by atoms with E-state index in [9.17, 15) is 14.6 Å². The second-order valence-corrected chi connectivity index (χ2v) is 9.92. The van der Waals surface area contributed by atoms with E-state index in [1.54, 1.807) is 61.8 Å². The fraction of sp³-hybridized carbons (Fsp3) is 0.300. The third-order valence-electron chi connectivity index (χ3n) is 4.43. The minimum Gasteiger partial charge on any atom is -0.335 e. The van der Waals surface area contributed by atoms with Crippen LogP contribution < -0.4 is 5.32 Å². The van der Waals surface area contributed by atoms with Crippen molar-refractivity contribution < 1.29 is 9.36 Å². The van der Waals surface area contributed by atoms with Gasteiger partial charge in [-0.3, -0.25) is 9.36 Å². The van der Waals surface area contributed by atoms with Crippen LogP contribution in [0, 0.1) is 11.3 Å². The number of amides is 1. The molecule has 0 heterocycles. The molecule has 1 N–H and O–H groups in total. The first-order valence-electron chi connectivity index (χ1n) is 8.58. The number of carbonyl (C=O) groups excluding carboxylic acids is 1. The number of nitriles is 1. The molecule has 0 fully saturated rings. The monoisotopic (exact) mass is 384 g/mol. The number of nitrogens with zero attached hydrogens (tertiary/aromatic N) is 3. The first-order chi connectivity index (χ1) is 12.8. The molecule has 1 amide bonds. The van der Waals surface area contributed by atoms with Crippen LogP contribution in [0.3, 0.4) is 0 Å². The van der Waals surface area contributed by atoms with Gasteiger partial charge < -0.3 is 5.32 Å². The molecule has 0 bridgehead atoms. The maximum absolute atomic E-state index is 14.0. The second kappa shape index (κ2) is 8.96. The van der Waals surface area contributed by atoms with Crippen molar-refractivity contribution in [1.82, 2.24) is 14.7 Å². The molecular formula is C20H25N4O2P. The summed E-state index contributed by atoms with van der Waals surface area (Å²) in [4.78, 5) is 12.6. The van der Waals surface area contributed by atoms with Gasteiger partial charge in [0.05, 0.1) is 11.7 Å². The van der Waals surface area contributed by atoms with Gasteiger partial charge in [-0.05, 0) is 45.9 Å². The summed E-state index contributed by atoms with van der Waals surface area (Å²) in [7, 11) is 3.72. The van der Waals surface area contributed by atoms with Crippen LogP contribution in [0.25, 0.3) is 0 Å². The summed E-state index contributed by atoms with van der Waals surface area (Å²) >= 11 is 0. The highest BCUT2D eigenvalue weighted by atomic mass is 31.2. The summed E-state index contributed by atoms with van der Waals surface area (Å²) in [5.41, 5.74) is 0.485. The first kappa shape index (κ1) is 20.9. The zero-order valence-corrected chi connectivity index (χ0v) is 16.9. The molecule has 7 heteroatoms. The van der Waals surface area contributed by atoms with Crippen molar-refractivity contribution in [3.63, 3.8) is 0 Å². The summed E-state index contributed by atoms with van der Waals surface area (Å²) in [6, 6.07) is 19.1. The zero-order valence-electron chi connectivity index (χ0n) is 16.0. The van der Waals surface area contributed by atoms with Crippen LogP contribution in [0.2, 0.25) is 0 Å². The normalized spacial score (nSPS) is 13.8. The Kier molecular flexibility index (Phi) is 6.92. The fourth-order valence-electron chi connectivity index (χ4n) is 3.08. The Morgan fingerprint density at radius 2 is 1.44 bits per heavy atom. The minimum atomic E-state index is -3.19. The summed E-state index contributed by atoms with van der Waals surface area (Å²) in [5, 5.41) is 12.6. The molecule has 0 saturated heterocycles. The summed E-state index contributed by atoms with van der Waals surface area (Å²) in [6.07, 6.45) is 0. The predicted octanol–water partition coefficient (Wildman–Crippen LogP) is 3.37. The van der Waals surface area contributed by atoms with E-state index in [2.05, 4.69) is 11.4 Å². The number of benzene rings is 2. The van der Waals surface area contributed by atoms with Gasteiger partial charge in [0.25, 0.3) is 5.91 Å². The summed E-state index contributed by atoms with van der Waals surface area (Å²) < 4.78 is 17.3. The molecule has 0 spiro atoms. The number of hydrogen-bond acceptors (Lipinski definition) is 3. The average Bonchev–Trinajstić information content (AvgIpc) is 2.68. The first-order valence-corrected chi connectivity index (χ1v) is 10.3. The molecule has 6 nitrogen and oxygen atoms in total. The van der Waals surface area contributed by atoms with E-state index in [1.165, 1.54) is 0 Å². The van der Waals surface area contributed by atoms with E-state index in [0.29, 0.717) is 5.56 Å². The van der Waals surface area contributed by atoms with Crippen LogP contribution in [0.15, 0.2) is 60.7 Å². The van der Waals surface area contributed by atoms with Crippen molar-refractivity contribution >= 4 is 13.4 Å². The SMILES string of the molecule is CN(C)P(=O)(C(c1ccccc1)C(C#N)NC(=O)c1ccccc1)N(C)C. The second-order valence-electron chi connectivity index (χ2n) is 6.59. The Morgan fingerprint density at radius 3 is 1.89 bits per heavy atom. The molecule has 2 unspecified atom stereocenters. The molecule has 2 aromatic rings. The van der Waals surface area contributed by atoms with Gasteiger partial charge in [0.15, 0.2) is 0 Å². The van der Waals surface area contributed by atoms with E-state index in [-0.39, 0.29) is 5.91 Å². The number of hydrogen-bond donors (Lipinski definition) is 1. The molecule has 0 aliphatic rings. The summed E-state index contributed by atoms with van der Waals surface area (Å²) in [5.74, 6) is -0.368. The Bertz CT molecular complexity index is 835. The van der Waals surface area contributed by atoms with E-state index < -0.39 is 19.1 Å². The van der Waals surface area contributed by atoms with Crippen molar-refractivity contribution in [3.8, 4) is 6.07 Å². The highest BCUT2D eigenvalue weighted by Crippen LogP contribution is 2.63. The Labute approximate surface area is 160 Å². The number of carbonyl (C=O) groups is 1. The van der Waals surface area contributed by atoms with Gasteiger partial charge in [-0.25, -0.2) is 9.34 Å². The van der Waals surface area contributed by atoms with Gasteiger partial charge in [-0.2, -0.15) is 5.26 Å². The zero-order chi connectivity index (χ0) is 20.0. The van der Waals surface area contributed by atoms with Crippen LogP contribution in [0.5, 0.6) is 0 Å². The van der Waals surface area contributed by atoms with Crippen molar-refractivity contribution in [2.24, 2.45) is 0 Å².